The Balaban J connectivity index is 3.60. The highest BCUT2D eigenvalue weighted by Gasteiger charge is 2.14. The minimum absolute atomic E-state index is 0.00279. The molecule has 5 heteroatoms. The van der Waals surface area contributed by atoms with Gasteiger partial charge in [0.1, 0.15) is 12.7 Å². The number of carbonyl (C=O) groups is 2. The molecular formula is C37H71NO4. The average molecular weight is 594 g/mol. The molecule has 0 aliphatic heterocycles. The molecule has 0 amide bonds. The molecule has 248 valence electrons. The summed E-state index contributed by atoms with van der Waals surface area (Å²) in [5.41, 5.74) is 0. The highest BCUT2D eigenvalue weighted by molar-refractivity contribution is 5.69. The minimum Gasteiger partial charge on any atom is -0.462 e. The molecule has 0 aliphatic carbocycles. The number of hydrogen-bond donors (Lipinski definition) is 1. The molecule has 0 saturated heterocycles. The Kier molecular flexibility index (Phi) is 33.0. The molecule has 0 heterocycles. The van der Waals surface area contributed by atoms with Gasteiger partial charge in [-0.25, -0.2) is 0 Å². The number of allylic oxidation sites excluding steroid dienone is 1. The van der Waals surface area contributed by atoms with Gasteiger partial charge >= 0.3 is 11.9 Å². The second-order valence-electron chi connectivity index (χ2n) is 12.2. The van der Waals surface area contributed by atoms with E-state index in [4.69, 9.17) is 9.47 Å². The van der Waals surface area contributed by atoms with E-state index in [1.165, 1.54) is 96.3 Å². The van der Waals surface area contributed by atoms with Gasteiger partial charge in [-0.05, 0) is 77.3 Å². The lowest BCUT2D eigenvalue weighted by Crippen LogP contribution is -2.19. The van der Waals surface area contributed by atoms with E-state index in [9.17, 15) is 9.59 Å². The fourth-order valence-corrected chi connectivity index (χ4v) is 5.24. The molecule has 0 aromatic carbocycles. The van der Waals surface area contributed by atoms with Gasteiger partial charge in [0, 0.05) is 12.8 Å². The Morgan fingerprint density at radius 1 is 0.548 bits per heavy atom. The van der Waals surface area contributed by atoms with Crippen LogP contribution in [0.1, 0.15) is 188 Å². The fourth-order valence-electron chi connectivity index (χ4n) is 5.24. The number of unbranched alkanes of at least 4 members (excludes halogenated alkanes) is 17. The first-order valence-electron chi connectivity index (χ1n) is 18.3. The summed E-state index contributed by atoms with van der Waals surface area (Å²) in [5, 5.41) is 3.49. The first-order chi connectivity index (χ1) is 20.6. The lowest BCUT2D eigenvalue weighted by atomic mass is 10.0. The third-order valence-electron chi connectivity index (χ3n) is 8.01. The van der Waals surface area contributed by atoms with Crippen molar-refractivity contribution in [1.29, 1.82) is 0 Å². The SMILES string of the molecule is CCCCCCCCC/C=C\COC(=O)CCCCCNCCCCCC(=O)OC(CCCCCC)CCCCCC. The van der Waals surface area contributed by atoms with Crippen LogP contribution in [-0.4, -0.2) is 37.7 Å². The van der Waals surface area contributed by atoms with Gasteiger partial charge in [-0.2, -0.15) is 0 Å². The molecule has 5 nitrogen and oxygen atoms in total. The quantitative estimate of drug-likeness (QED) is 0.0466. The average Bonchev–Trinajstić information content (AvgIpc) is 2.98. The second kappa shape index (κ2) is 34.1. The summed E-state index contributed by atoms with van der Waals surface area (Å²) >= 11 is 0. The smallest absolute Gasteiger partial charge is 0.306 e. The summed E-state index contributed by atoms with van der Waals surface area (Å²) in [6.45, 7) is 9.10. The van der Waals surface area contributed by atoms with Gasteiger partial charge in [-0.1, -0.05) is 123 Å². The van der Waals surface area contributed by atoms with Crippen molar-refractivity contribution in [2.75, 3.05) is 19.7 Å². The Morgan fingerprint density at radius 2 is 1.02 bits per heavy atom. The number of nitrogens with one attached hydrogen (secondary N) is 1. The predicted molar refractivity (Wildman–Crippen MR) is 180 cm³/mol. The lowest BCUT2D eigenvalue weighted by molar-refractivity contribution is -0.150. The summed E-state index contributed by atoms with van der Waals surface area (Å²) in [7, 11) is 0. The number of hydrogen-bond acceptors (Lipinski definition) is 5. The van der Waals surface area contributed by atoms with Crippen molar-refractivity contribution in [2.45, 2.75) is 194 Å². The molecule has 0 aliphatic rings. The van der Waals surface area contributed by atoms with E-state index in [2.05, 4.69) is 32.2 Å². The first-order valence-corrected chi connectivity index (χ1v) is 18.3. The van der Waals surface area contributed by atoms with Crippen LogP contribution < -0.4 is 5.32 Å². The lowest BCUT2D eigenvalue weighted by Gasteiger charge is -2.18. The Labute approximate surface area is 261 Å². The Morgan fingerprint density at radius 3 is 1.60 bits per heavy atom. The second-order valence-corrected chi connectivity index (χ2v) is 12.2. The van der Waals surface area contributed by atoms with Crippen molar-refractivity contribution in [2.24, 2.45) is 0 Å². The van der Waals surface area contributed by atoms with Crippen LogP contribution in [-0.2, 0) is 19.1 Å². The number of rotatable bonds is 33. The zero-order valence-electron chi connectivity index (χ0n) is 28.4. The maximum Gasteiger partial charge on any atom is 0.306 e. The molecule has 0 spiro atoms. The molecule has 0 saturated carbocycles. The molecule has 0 aromatic rings. The molecule has 0 atom stereocenters. The molecule has 0 bridgehead atoms. The molecule has 0 aromatic heterocycles. The Bertz CT molecular complexity index is 595. The molecular weight excluding hydrogens is 522 g/mol. The summed E-state index contributed by atoms with van der Waals surface area (Å²) in [6.07, 6.45) is 33.7. The van der Waals surface area contributed by atoms with Gasteiger partial charge in [0.2, 0.25) is 0 Å². The minimum atomic E-state index is -0.0821. The predicted octanol–water partition coefficient (Wildman–Crippen LogP) is 10.8. The van der Waals surface area contributed by atoms with E-state index in [1.54, 1.807) is 0 Å². The topological polar surface area (TPSA) is 64.6 Å². The van der Waals surface area contributed by atoms with Crippen LogP contribution in [0, 0.1) is 0 Å². The number of carbonyl (C=O) groups excluding carboxylic acids is 2. The van der Waals surface area contributed by atoms with Crippen molar-refractivity contribution in [3.8, 4) is 0 Å². The fraction of sp³-hybridized carbons (Fsp3) is 0.892. The van der Waals surface area contributed by atoms with E-state index in [1.807, 2.05) is 6.08 Å². The summed E-state index contributed by atoms with van der Waals surface area (Å²) in [5.74, 6) is -0.0849. The van der Waals surface area contributed by atoms with Gasteiger partial charge in [0.05, 0.1) is 0 Å². The molecule has 1 N–H and O–H groups in total. The van der Waals surface area contributed by atoms with E-state index in [-0.39, 0.29) is 18.0 Å². The summed E-state index contributed by atoms with van der Waals surface area (Å²) < 4.78 is 11.2. The maximum absolute atomic E-state index is 12.4. The maximum atomic E-state index is 12.4. The van der Waals surface area contributed by atoms with Crippen LogP contribution in [0.25, 0.3) is 0 Å². The zero-order chi connectivity index (χ0) is 30.8. The highest BCUT2D eigenvalue weighted by atomic mass is 16.5. The monoisotopic (exact) mass is 594 g/mol. The van der Waals surface area contributed by atoms with Crippen molar-refractivity contribution >= 4 is 11.9 Å². The molecule has 0 rings (SSSR count). The van der Waals surface area contributed by atoms with Gasteiger partial charge in [-0.15, -0.1) is 0 Å². The van der Waals surface area contributed by atoms with Gasteiger partial charge in [0.15, 0.2) is 0 Å². The van der Waals surface area contributed by atoms with Gasteiger partial charge < -0.3 is 14.8 Å². The van der Waals surface area contributed by atoms with E-state index in [0.717, 1.165) is 70.9 Å². The molecule has 0 unspecified atom stereocenters. The van der Waals surface area contributed by atoms with Crippen molar-refractivity contribution in [3.05, 3.63) is 12.2 Å². The van der Waals surface area contributed by atoms with Crippen molar-refractivity contribution in [1.82, 2.24) is 5.32 Å². The van der Waals surface area contributed by atoms with Gasteiger partial charge in [-0.3, -0.25) is 9.59 Å². The van der Waals surface area contributed by atoms with Crippen LogP contribution in [0.3, 0.4) is 0 Å². The standard InChI is InChI=1S/C37H71NO4/c1-4-7-10-13-14-15-16-17-18-27-34-41-36(39)30-23-19-25-32-38-33-26-20-24-31-37(40)42-35(28-21-11-8-5-2)29-22-12-9-6-3/h18,27,35,38H,4-17,19-26,28-34H2,1-3H3/b27-18-. The number of esters is 2. The summed E-state index contributed by atoms with van der Waals surface area (Å²) in [4.78, 5) is 24.3. The van der Waals surface area contributed by atoms with Crippen LogP contribution >= 0.6 is 0 Å². The van der Waals surface area contributed by atoms with Crippen LogP contribution in [0.2, 0.25) is 0 Å². The third-order valence-corrected chi connectivity index (χ3v) is 8.01. The highest BCUT2D eigenvalue weighted by Crippen LogP contribution is 2.17. The zero-order valence-corrected chi connectivity index (χ0v) is 28.4. The molecule has 0 radical (unpaired) electrons. The Hall–Kier alpha value is -1.36. The van der Waals surface area contributed by atoms with Crippen molar-refractivity contribution in [3.63, 3.8) is 0 Å². The summed E-state index contributed by atoms with van der Waals surface area (Å²) in [6, 6.07) is 0. The van der Waals surface area contributed by atoms with Crippen molar-refractivity contribution < 1.29 is 19.1 Å². The van der Waals surface area contributed by atoms with Crippen LogP contribution in [0.4, 0.5) is 0 Å². The molecule has 0 fully saturated rings. The van der Waals surface area contributed by atoms with Gasteiger partial charge in [0.25, 0.3) is 0 Å². The van der Waals surface area contributed by atoms with Crippen LogP contribution in [0.5, 0.6) is 0 Å². The van der Waals surface area contributed by atoms with E-state index < -0.39 is 0 Å². The van der Waals surface area contributed by atoms with E-state index >= 15 is 0 Å². The number of ether oxygens (including phenoxy) is 2. The third kappa shape index (κ3) is 31.6. The van der Waals surface area contributed by atoms with E-state index in [0.29, 0.717) is 19.4 Å². The van der Waals surface area contributed by atoms with Crippen LogP contribution in [0.15, 0.2) is 12.2 Å². The molecule has 42 heavy (non-hydrogen) atoms. The largest absolute Gasteiger partial charge is 0.462 e. The normalized spacial score (nSPS) is 11.5. The first kappa shape index (κ1) is 40.6.